The second kappa shape index (κ2) is 3.66. The molecule has 2 fully saturated rings. The Bertz CT molecular complexity index is 307. The second-order valence-corrected chi connectivity index (χ2v) is 4.88. The van der Waals surface area contributed by atoms with Gasteiger partial charge in [0.1, 0.15) is 11.7 Å². The van der Waals surface area contributed by atoms with E-state index in [0.717, 1.165) is 0 Å². The second-order valence-electron chi connectivity index (χ2n) is 4.88. The van der Waals surface area contributed by atoms with E-state index in [1.165, 1.54) is 11.8 Å². The zero-order valence-electron chi connectivity index (χ0n) is 9.42. The Labute approximate surface area is 93.9 Å². The molecule has 0 aromatic heterocycles. The van der Waals surface area contributed by atoms with Gasteiger partial charge in [-0.2, -0.15) is 0 Å². The van der Waals surface area contributed by atoms with Gasteiger partial charge in [0, 0.05) is 19.0 Å². The van der Waals surface area contributed by atoms with Gasteiger partial charge >= 0.3 is 0 Å². The van der Waals surface area contributed by atoms with Gasteiger partial charge in [-0.1, -0.05) is 0 Å². The molecule has 0 bridgehead atoms. The summed E-state index contributed by atoms with van der Waals surface area (Å²) in [5.74, 6) is -0.417. The van der Waals surface area contributed by atoms with Crippen LogP contribution in [0, 0.1) is 0 Å². The molecule has 2 aliphatic heterocycles. The Morgan fingerprint density at radius 3 is 2.69 bits per heavy atom. The topological polar surface area (TPSA) is 93.0 Å². The number of aliphatic hydroxyl groups is 3. The first-order chi connectivity index (χ1) is 7.38. The molecule has 6 nitrogen and oxygen atoms in total. The number of hydrogen-bond donors (Lipinski definition) is 4. The summed E-state index contributed by atoms with van der Waals surface area (Å²) in [6.07, 6.45) is -1.64. The van der Waals surface area contributed by atoms with Gasteiger partial charge in [-0.15, -0.1) is 0 Å². The minimum Gasteiger partial charge on any atom is -0.388 e. The molecule has 2 rings (SSSR count). The van der Waals surface area contributed by atoms with Crippen LogP contribution in [0.15, 0.2) is 0 Å². The van der Waals surface area contributed by atoms with Crippen molar-refractivity contribution in [1.29, 1.82) is 0 Å². The Hall–Kier alpha value is -0.690. The van der Waals surface area contributed by atoms with Crippen molar-refractivity contribution in [2.45, 2.75) is 43.2 Å². The largest absolute Gasteiger partial charge is 0.388 e. The lowest BCUT2D eigenvalue weighted by atomic mass is 9.85. The van der Waals surface area contributed by atoms with Crippen LogP contribution in [0.2, 0.25) is 0 Å². The average Bonchev–Trinajstić information content (AvgIpc) is 2.50. The minimum absolute atomic E-state index is 0.0823. The number of carbonyl (C=O) groups excluding carboxylic acids is 1. The number of fused-ring (bicyclic) bond motifs is 1. The highest BCUT2D eigenvalue weighted by Gasteiger charge is 2.55. The van der Waals surface area contributed by atoms with Crippen molar-refractivity contribution in [3.05, 3.63) is 0 Å². The Kier molecular flexibility index (Phi) is 2.70. The van der Waals surface area contributed by atoms with Crippen LogP contribution in [0.5, 0.6) is 0 Å². The van der Waals surface area contributed by atoms with Gasteiger partial charge < -0.3 is 25.5 Å². The van der Waals surface area contributed by atoms with Crippen molar-refractivity contribution < 1.29 is 20.1 Å². The number of piperidine rings is 1. The van der Waals surface area contributed by atoms with E-state index < -0.39 is 29.8 Å². The van der Waals surface area contributed by atoms with Gasteiger partial charge in [-0.05, 0) is 14.0 Å². The molecule has 4 N–H and O–H groups in total. The third-order valence-corrected chi connectivity index (χ3v) is 3.61. The highest BCUT2D eigenvalue weighted by atomic mass is 16.3. The molecule has 6 heteroatoms. The van der Waals surface area contributed by atoms with Gasteiger partial charge in [0.05, 0.1) is 12.1 Å². The van der Waals surface area contributed by atoms with Crippen LogP contribution in [0.25, 0.3) is 0 Å². The minimum atomic E-state index is -1.42. The molecule has 1 amide bonds. The molecule has 0 unspecified atom stereocenters. The van der Waals surface area contributed by atoms with Crippen molar-refractivity contribution in [1.82, 2.24) is 10.2 Å². The molecule has 5 atom stereocenters. The fourth-order valence-electron chi connectivity index (χ4n) is 2.74. The predicted octanol–water partition coefficient (Wildman–Crippen LogP) is -2.34. The molecule has 2 aliphatic rings. The lowest BCUT2D eigenvalue weighted by Gasteiger charge is -2.43. The molecule has 0 saturated carbocycles. The van der Waals surface area contributed by atoms with Gasteiger partial charge in [0.15, 0.2) is 0 Å². The molecular formula is C10H18N2O4. The average molecular weight is 230 g/mol. The van der Waals surface area contributed by atoms with Gasteiger partial charge in [-0.3, -0.25) is 4.79 Å². The third-order valence-electron chi connectivity index (χ3n) is 3.61. The number of amides is 1. The fourth-order valence-corrected chi connectivity index (χ4v) is 2.74. The highest BCUT2D eigenvalue weighted by molar-refractivity contribution is 5.86. The molecule has 0 aliphatic carbocycles. The number of nitrogens with zero attached hydrogens (tertiary/aromatic N) is 1. The molecule has 2 heterocycles. The summed E-state index contributed by atoms with van der Waals surface area (Å²) in [5.41, 5.74) is -1.42. The van der Waals surface area contributed by atoms with E-state index in [1.54, 1.807) is 7.05 Å². The Morgan fingerprint density at radius 1 is 1.50 bits per heavy atom. The molecule has 0 aromatic carbocycles. The van der Waals surface area contributed by atoms with E-state index in [0.29, 0.717) is 0 Å². The number of nitrogens with one attached hydrogen (secondary N) is 1. The smallest absolute Gasteiger partial charge is 0.254 e. The van der Waals surface area contributed by atoms with E-state index in [-0.39, 0.29) is 19.0 Å². The van der Waals surface area contributed by atoms with Crippen LogP contribution >= 0.6 is 0 Å². The summed E-state index contributed by atoms with van der Waals surface area (Å²) in [5, 5.41) is 32.3. The van der Waals surface area contributed by atoms with Crippen molar-refractivity contribution in [3.63, 3.8) is 0 Å². The van der Waals surface area contributed by atoms with Crippen molar-refractivity contribution in [3.8, 4) is 0 Å². The first-order valence-corrected chi connectivity index (χ1v) is 5.45. The van der Waals surface area contributed by atoms with Gasteiger partial charge in [-0.25, -0.2) is 0 Å². The summed E-state index contributed by atoms with van der Waals surface area (Å²) in [7, 11) is 1.71. The van der Waals surface area contributed by atoms with E-state index >= 15 is 0 Å². The number of likely N-dealkylation sites (N-methyl/N-ethyl adjacent to an activating group) is 1. The summed E-state index contributed by atoms with van der Waals surface area (Å²) in [6, 6.07) is -0.660. The van der Waals surface area contributed by atoms with E-state index in [4.69, 9.17) is 0 Å². The van der Waals surface area contributed by atoms with Crippen molar-refractivity contribution in [2.75, 3.05) is 13.6 Å². The van der Waals surface area contributed by atoms with E-state index in [1.807, 2.05) is 0 Å². The van der Waals surface area contributed by atoms with Crippen LogP contribution in [0.4, 0.5) is 0 Å². The number of carbonyl (C=O) groups is 1. The lowest BCUT2D eigenvalue weighted by molar-refractivity contribution is -0.160. The monoisotopic (exact) mass is 230 g/mol. The van der Waals surface area contributed by atoms with Gasteiger partial charge in [0.2, 0.25) is 0 Å². The molecule has 16 heavy (non-hydrogen) atoms. The van der Waals surface area contributed by atoms with Crippen LogP contribution < -0.4 is 5.32 Å². The lowest BCUT2D eigenvalue weighted by Crippen LogP contribution is -2.64. The maximum atomic E-state index is 11.9. The number of hydrogen-bond acceptors (Lipinski definition) is 5. The standard InChI is InChI=1S/C10H18N2O4/c1-10(16)3-5(11-2)7-8(14)6(13)4-12(7)9(10)15/h5-8,11,13-14,16H,3-4H2,1-2H3/t5-,6-,7-,8+,10+/m1/s1. The summed E-state index contributed by atoms with van der Waals surface area (Å²) in [6.45, 7) is 1.55. The first-order valence-electron chi connectivity index (χ1n) is 5.45. The summed E-state index contributed by atoms with van der Waals surface area (Å²) < 4.78 is 0. The molecule has 2 saturated heterocycles. The Balaban J connectivity index is 2.31. The van der Waals surface area contributed by atoms with Crippen molar-refractivity contribution in [2.24, 2.45) is 0 Å². The van der Waals surface area contributed by atoms with Crippen LogP contribution in [0.1, 0.15) is 13.3 Å². The quantitative estimate of drug-likeness (QED) is 0.405. The molecule has 0 spiro atoms. The predicted molar refractivity (Wildman–Crippen MR) is 55.6 cm³/mol. The van der Waals surface area contributed by atoms with Crippen LogP contribution in [-0.2, 0) is 4.79 Å². The first kappa shape index (κ1) is 11.8. The molecule has 0 radical (unpaired) electrons. The maximum Gasteiger partial charge on any atom is 0.254 e. The molecule has 92 valence electrons. The normalized spacial score (nSPS) is 48.3. The molecule has 0 aromatic rings. The van der Waals surface area contributed by atoms with E-state index in [2.05, 4.69) is 5.32 Å². The van der Waals surface area contributed by atoms with Crippen molar-refractivity contribution >= 4 is 5.91 Å². The SMILES string of the molecule is CN[C@@H]1C[C@](C)(O)C(=O)N2C[C@@H](O)[C@H](O)[C@@H]12. The third kappa shape index (κ3) is 1.53. The number of rotatable bonds is 1. The highest BCUT2D eigenvalue weighted by Crippen LogP contribution is 2.33. The van der Waals surface area contributed by atoms with Crippen LogP contribution in [-0.4, -0.2) is 69.6 Å². The number of aliphatic hydroxyl groups excluding tert-OH is 2. The molecular weight excluding hydrogens is 212 g/mol. The van der Waals surface area contributed by atoms with Crippen LogP contribution in [0.3, 0.4) is 0 Å². The Morgan fingerprint density at radius 2 is 2.12 bits per heavy atom. The zero-order chi connectivity index (χ0) is 12.1. The summed E-state index contributed by atoms with van der Waals surface area (Å²) >= 11 is 0. The van der Waals surface area contributed by atoms with Gasteiger partial charge in [0.25, 0.3) is 5.91 Å². The fraction of sp³-hybridized carbons (Fsp3) is 0.900. The zero-order valence-corrected chi connectivity index (χ0v) is 9.42. The van der Waals surface area contributed by atoms with E-state index in [9.17, 15) is 20.1 Å². The maximum absolute atomic E-state index is 11.9. The summed E-state index contributed by atoms with van der Waals surface area (Å²) in [4.78, 5) is 13.3.